The van der Waals surface area contributed by atoms with Crippen LogP contribution in [0.3, 0.4) is 0 Å². The van der Waals surface area contributed by atoms with Gasteiger partial charge in [0.15, 0.2) is 0 Å². The Labute approximate surface area is 186 Å². The first-order chi connectivity index (χ1) is 15.3. The fourth-order valence-electron chi connectivity index (χ4n) is 4.09. The standard InChI is InChI=1S/C27H22N2O3/c1-16-5-4-6-20(13-16)24-23(25(30)22-14-17(2)7-8-18(22)3)26(31)27(32)29(24)21-11-9-19(15-28)10-12-21/h4-14,24,30H,1-3H3/b25-23+. The normalized spacial score (nSPS) is 17.4. The summed E-state index contributed by atoms with van der Waals surface area (Å²) in [4.78, 5) is 27.8. The quantitative estimate of drug-likeness (QED) is 0.361. The van der Waals surface area contributed by atoms with Crippen molar-refractivity contribution in [3.8, 4) is 6.07 Å². The van der Waals surface area contributed by atoms with Crippen LogP contribution in [0.25, 0.3) is 5.76 Å². The van der Waals surface area contributed by atoms with Gasteiger partial charge < -0.3 is 5.11 Å². The molecule has 1 N–H and O–H groups in total. The molecule has 1 atom stereocenters. The van der Waals surface area contributed by atoms with Crippen LogP contribution in [0.1, 0.15) is 39.4 Å². The number of ketones is 1. The Morgan fingerprint density at radius 3 is 2.28 bits per heavy atom. The number of Topliss-reactive ketones (excluding diaryl/α,β-unsaturated/α-hetero) is 1. The smallest absolute Gasteiger partial charge is 0.300 e. The third-order valence-corrected chi connectivity index (χ3v) is 5.73. The maximum atomic E-state index is 13.2. The lowest BCUT2D eigenvalue weighted by Crippen LogP contribution is -2.29. The van der Waals surface area contributed by atoms with E-state index in [4.69, 9.17) is 5.26 Å². The molecule has 3 aromatic carbocycles. The summed E-state index contributed by atoms with van der Waals surface area (Å²) in [5, 5.41) is 20.4. The number of benzene rings is 3. The SMILES string of the molecule is Cc1cccc(C2/C(=C(\O)c3cc(C)ccc3C)C(=O)C(=O)N2c2ccc(C#N)cc2)c1. The van der Waals surface area contributed by atoms with E-state index in [1.54, 1.807) is 24.3 Å². The Morgan fingerprint density at radius 1 is 0.938 bits per heavy atom. The third-order valence-electron chi connectivity index (χ3n) is 5.73. The number of amides is 1. The number of nitriles is 1. The number of nitrogens with zero attached hydrogens (tertiary/aromatic N) is 2. The first kappa shape index (κ1) is 21.1. The molecule has 0 radical (unpaired) electrons. The number of carbonyl (C=O) groups excluding carboxylic acids is 2. The molecule has 1 heterocycles. The number of aliphatic hydroxyl groups is 1. The van der Waals surface area contributed by atoms with Crippen molar-refractivity contribution >= 4 is 23.1 Å². The van der Waals surface area contributed by atoms with E-state index in [1.165, 1.54) is 4.90 Å². The minimum atomic E-state index is -0.789. The zero-order chi connectivity index (χ0) is 23.0. The van der Waals surface area contributed by atoms with Gasteiger partial charge in [0.2, 0.25) is 0 Å². The van der Waals surface area contributed by atoms with E-state index in [1.807, 2.05) is 63.2 Å². The summed E-state index contributed by atoms with van der Waals surface area (Å²) >= 11 is 0. The molecule has 0 bridgehead atoms. The molecule has 1 aliphatic heterocycles. The lowest BCUT2D eigenvalue weighted by molar-refractivity contribution is -0.132. The van der Waals surface area contributed by atoms with Gasteiger partial charge >= 0.3 is 0 Å². The number of aliphatic hydroxyl groups excluding tert-OH is 1. The molecule has 0 saturated carbocycles. The van der Waals surface area contributed by atoms with Crippen LogP contribution in [-0.4, -0.2) is 16.8 Å². The van der Waals surface area contributed by atoms with Gasteiger partial charge in [0.1, 0.15) is 5.76 Å². The molecule has 0 spiro atoms. The van der Waals surface area contributed by atoms with Crippen molar-refractivity contribution in [2.45, 2.75) is 26.8 Å². The van der Waals surface area contributed by atoms with Gasteiger partial charge in [-0.3, -0.25) is 14.5 Å². The first-order valence-corrected chi connectivity index (χ1v) is 10.3. The summed E-state index contributed by atoms with van der Waals surface area (Å²) in [6, 6.07) is 20.9. The molecule has 32 heavy (non-hydrogen) atoms. The van der Waals surface area contributed by atoms with Crippen LogP contribution in [0.2, 0.25) is 0 Å². The van der Waals surface area contributed by atoms with E-state index in [0.717, 1.165) is 22.3 Å². The van der Waals surface area contributed by atoms with E-state index >= 15 is 0 Å². The highest BCUT2D eigenvalue weighted by Crippen LogP contribution is 2.42. The van der Waals surface area contributed by atoms with Gasteiger partial charge in [-0.2, -0.15) is 5.26 Å². The van der Waals surface area contributed by atoms with Gasteiger partial charge in [0.05, 0.1) is 23.2 Å². The number of aryl methyl sites for hydroxylation is 3. The number of rotatable bonds is 3. The van der Waals surface area contributed by atoms with E-state index < -0.39 is 17.7 Å². The Bertz CT molecular complexity index is 1310. The lowest BCUT2D eigenvalue weighted by atomic mass is 9.92. The average molecular weight is 422 g/mol. The second kappa shape index (κ2) is 8.16. The molecule has 1 unspecified atom stereocenters. The van der Waals surface area contributed by atoms with Crippen LogP contribution < -0.4 is 4.90 Å². The summed E-state index contributed by atoms with van der Waals surface area (Å²) in [6.45, 7) is 5.69. The Kier molecular flexibility index (Phi) is 5.38. The van der Waals surface area contributed by atoms with Gasteiger partial charge in [-0.25, -0.2) is 0 Å². The molecule has 0 aliphatic carbocycles. The van der Waals surface area contributed by atoms with Crippen molar-refractivity contribution in [3.05, 3.63) is 106 Å². The van der Waals surface area contributed by atoms with Crippen molar-refractivity contribution in [1.82, 2.24) is 0 Å². The topological polar surface area (TPSA) is 81.4 Å². The number of hydrogen-bond donors (Lipinski definition) is 1. The van der Waals surface area contributed by atoms with Crippen molar-refractivity contribution in [2.75, 3.05) is 4.90 Å². The zero-order valence-electron chi connectivity index (χ0n) is 18.1. The summed E-state index contributed by atoms with van der Waals surface area (Å²) in [5.74, 6) is -1.64. The second-order valence-electron chi connectivity index (χ2n) is 8.06. The minimum absolute atomic E-state index is 0.0543. The molecule has 1 aliphatic rings. The Hall–Kier alpha value is -4.17. The highest BCUT2D eigenvalue weighted by Gasteiger charge is 2.47. The van der Waals surface area contributed by atoms with E-state index in [-0.39, 0.29) is 11.3 Å². The number of hydrogen-bond acceptors (Lipinski definition) is 4. The summed E-state index contributed by atoms with van der Waals surface area (Å²) in [5.41, 5.74) is 4.95. The Morgan fingerprint density at radius 2 is 1.62 bits per heavy atom. The van der Waals surface area contributed by atoms with Crippen LogP contribution in [-0.2, 0) is 9.59 Å². The lowest BCUT2D eigenvalue weighted by Gasteiger charge is -2.26. The van der Waals surface area contributed by atoms with Crippen molar-refractivity contribution in [2.24, 2.45) is 0 Å². The van der Waals surface area contributed by atoms with Crippen molar-refractivity contribution in [1.29, 1.82) is 5.26 Å². The molecule has 5 heteroatoms. The van der Waals surface area contributed by atoms with Gasteiger partial charge in [-0.15, -0.1) is 0 Å². The molecule has 1 saturated heterocycles. The highest BCUT2D eigenvalue weighted by atomic mass is 16.3. The predicted octanol–water partition coefficient (Wildman–Crippen LogP) is 5.11. The first-order valence-electron chi connectivity index (χ1n) is 10.3. The zero-order valence-corrected chi connectivity index (χ0v) is 18.1. The summed E-state index contributed by atoms with van der Waals surface area (Å²) < 4.78 is 0. The van der Waals surface area contributed by atoms with Gasteiger partial charge in [0.25, 0.3) is 11.7 Å². The second-order valence-corrected chi connectivity index (χ2v) is 8.06. The van der Waals surface area contributed by atoms with Gasteiger partial charge in [-0.05, 0) is 62.2 Å². The summed E-state index contributed by atoms with van der Waals surface area (Å²) in [6.07, 6.45) is 0. The van der Waals surface area contributed by atoms with E-state index in [2.05, 4.69) is 6.07 Å². The highest BCUT2D eigenvalue weighted by molar-refractivity contribution is 6.51. The number of carbonyl (C=O) groups is 2. The van der Waals surface area contributed by atoms with E-state index in [0.29, 0.717) is 16.8 Å². The average Bonchev–Trinajstić information content (AvgIpc) is 3.05. The molecular formula is C27H22N2O3. The molecule has 158 valence electrons. The summed E-state index contributed by atoms with van der Waals surface area (Å²) in [7, 11) is 0. The molecule has 3 aromatic rings. The van der Waals surface area contributed by atoms with Crippen molar-refractivity contribution in [3.63, 3.8) is 0 Å². The van der Waals surface area contributed by atoms with Gasteiger partial charge in [0, 0.05) is 11.3 Å². The van der Waals surface area contributed by atoms with Crippen LogP contribution in [0, 0.1) is 32.1 Å². The fraction of sp³-hybridized carbons (Fsp3) is 0.148. The van der Waals surface area contributed by atoms with Crippen LogP contribution in [0.5, 0.6) is 0 Å². The third kappa shape index (κ3) is 3.57. The van der Waals surface area contributed by atoms with Gasteiger partial charge in [-0.1, -0.05) is 47.5 Å². The molecule has 1 fully saturated rings. The minimum Gasteiger partial charge on any atom is -0.507 e. The predicted molar refractivity (Wildman–Crippen MR) is 123 cm³/mol. The number of anilines is 1. The fourth-order valence-corrected chi connectivity index (χ4v) is 4.09. The largest absolute Gasteiger partial charge is 0.507 e. The van der Waals surface area contributed by atoms with Crippen LogP contribution >= 0.6 is 0 Å². The van der Waals surface area contributed by atoms with Crippen LogP contribution in [0.15, 0.2) is 72.3 Å². The molecule has 5 nitrogen and oxygen atoms in total. The van der Waals surface area contributed by atoms with Crippen LogP contribution in [0.4, 0.5) is 5.69 Å². The van der Waals surface area contributed by atoms with E-state index in [9.17, 15) is 14.7 Å². The monoisotopic (exact) mass is 422 g/mol. The molecule has 0 aromatic heterocycles. The Balaban J connectivity index is 1.98. The maximum Gasteiger partial charge on any atom is 0.300 e. The molecular weight excluding hydrogens is 400 g/mol. The van der Waals surface area contributed by atoms with Crippen molar-refractivity contribution < 1.29 is 14.7 Å². The maximum absolute atomic E-state index is 13.2. The molecule has 4 rings (SSSR count). The molecule has 1 amide bonds.